The summed E-state index contributed by atoms with van der Waals surface area (Å²) >= 11 is 0. The first-order valence-electron chi connectivity index (χ1n) is 7.62. The number of esters is 1. The number of aryl methyl sites for hydroxylation is 1. The second-order valence-corrected chi connectivity index (χ2v) is 5.40. The molecule has 130 valence electrons. The van der Waals surface area contributed by atoms with Gasteiger partial charge in [0.25, 0.3) is 0 Å². The van der Waals surface area contributed by atoms with E-state index in [0.717, 1.165) is 11.7 Å². The standard InChI is InChI=1S/C18H14N4O4/c1-21-14-7-3-2-6-13(14)20-17(21)12(10-19)16(23)11-26-18(24)15-8-4-5-9-22(15)25/h2-9,23H,11H2,1H3/b16-12-. The summed E-state index contributed by atoms with van der Waals surface area (Å²) < 4.78 is 6.96. The molecule has 0 bridgehead atoms. The monoisotopic (exact) mass is 350 g/mol. The molecule has 26 heavy (non-hydrogen) atoms. The summed E-state index contributed by atoms with van der Waals surface area (Å²) in [5, 5.41) is 31.2. The first-order valence-corrected chi connectivity index (χ1v) is 7.62. The molecule has 0 spiro atoms. The number of carbonyl (C=O) groups excluding carboxylic acids is 1. The Labute approximate surface area is 148 Å². The predicted octanol–water partition coefficient (Wildman–Crippen LogP) is 1.86. The molecule has 0 amide bonds. The molecule has 0 aliphatic carbocycles. The van der Waals surface area contributed by atoms with Crippen LogP contribution in [0.3, 0.4) is 0 Å². The summed E-state index contributed by atoms with van der Waals surface area (Å²) in [6.45, 7) is -0.556. The second-order valence-electron chi connectivity index (χ2n) is 5.40. The molecule has 3 rings (SSSR count). The van der Waals surface area contributed by atoms with E-state index in [-0.39, 0.29) is 17.1 Å². The average Bonchev–Trinajstić information content (AvgIpc) is 2.98. The van der Waals surface area contributed by atoms with Crippen molar-refractivity contribution in [1.82, 2.24) is 9.55 Å². The highest BCUT2D eigenvalue weighted by Crippen LogP contribution is 2.21. The molecule has 1 aromatic carbocycles. The van der Waals surface area contributed by atoms with Crippen molar-refractivity contribution in [3.8, 4) is 6.07 Å². The summed E-state index contributed by atoms with van der Waals surface area (Å²) in [5.41, 5.74) is 1.12. The number of carbonyl (C=O) groups is 1. The molecule has 0 saturated heterocycles. The van der Waals surface area contributed by atoms with Crippen molar-refractivity contribution in [1.29, 1.82) is 5.26 Å². The van der Waals surface area contributed by atoms with Crippen LogP contribution in [0.5, 0.6) is 0 Å². The average molecular weight is 350 g/mol. The minimum absolute atomic E-state index is 0.112. The summed E-state index contributed by atoms with van der Waals surface area (Å²) in [5.74, 6) is -1.11. The largest absolute Gasteiger partial charge is 0.618 e. The number of hydrogen-bond donors (Lipinski definition) is 1. The number of aliphatic hydroxyl groups excluding tert-OH is 1. The number of imidazole rings is 1. The van der Waals surface area contributed by atoms with Gasteiger partial charge in [-0.2, -0.15) is 9.99 Å². The lowest BCUT2D eigenvalue weighted by molar-refractivity contribution is -0.608. The van der Waals surface area contributed by atoms with Crippen LogP contribution < -0.4 is 4.73 Å². The topological polar surface area (TPSA) is 115 Å². The number of rotatable bonds is 4. The zero-order chi connectivity index (χ0) is 18.7. The van der Waals surface area contributed by atoms with Crippen LogP contribution in [0, 0.1) is 16.5 Å². The molecule has 2 aromatic heterocycles. The Kier molecular flexibility index (Phi) is 4.53. The fourth-order valence-electron chi connectivity index (χ4n) is 2.48. The molecule has 0 aliphatic heterocycles. The number of nitrogens with zero attached hydrogens (tertiary/aromatic N) is 4. The van der Waals surface area contributed by atoms with E-state index >= 15 is 0 Å². The van der Waals surface area contributed by atoms with Gasteiger partial charge < -0.3 is 19.6 Å². The number of benzene rings is 1. The molecule has 0 fully saturated rings. The maximum atomic E-state index is 11.9. The van der Waals surface area contributed by atoms with E-state index in [2.05, 4.69) is 4.98 Å². The number of para-hydroxylation sites is 2. The Bertz CT molecular complexity index is 1060. The van der Waals surface area contributed by atoms with Gasteiger partial charge >= 0.3 is 11.7 Å². The van der Waals surface area contributed by atoms with E-state index < -0.39 is 18.3 Å². The van der Waals surface area contributed by atoms with Gasteiger partial charge in [0.1, 0.15) is 11.6 Å². The van der Waals surface area contributed by atoms with Gasteiger partial charge in [-0.3, -0.25) is 0 Å². The van der Waals surface area contributed by atoms with E-state index in [1.807, 2.05) is 24.3 Å². The van der Waals surface area contributed by atoms with Crippen LogP contribution >= 0.6 is 0 Å². The Morgan fingerprint density at radius 3 is 2.77 bits per heavy atom. The van der Waals surface area contributed by atoms with Crippen LogP contribution in [0.15, 0.2) is 54.4 Å². The van der Waals surface area contributed by atoms with Crippen molar-refractivity contribution in [2.24, 2.45) is 7.05 Å². The van der Waals surface area contributed by atoms with Crippen LogP contribution in [-0.2, 0) is 11.8 Å². The van der Waals surface area contributed by atoms with Gasteiger partial charge in [-0.1, -0.05) is 12.1 Å². The van der Waals surface area contributed by atoms with E-state index in [4.69, 9.17) is 4.74 Å². The molecule has 0 unspecified atom stereocenters. The third kappa shape index (κ3) is 3.06. The zero-order valence-electron chi connectivity index (χ0n) is 13.8. The minimum Gasteiger partial charge on any atom is -0.618 e. The highest BCUT2D eigenvalue weighted by atomic mass is 16.5. The minimum atomic E-state index is -0.908. The first kappa shape index (κ1) is 17.0. The van der Waals surface area contributed by atoms with Gasteiger partial charge in [0.05, 0.1) is 11.0 Å². The smallest absolute Gasteiger partial charge is 0.405 e. The van der Waals surface area contributed by atoms with Crippen molar-refractivity contribution in [2.75, 3.05) is 6.61 Å². The Morgan fingerprint density at radius 2 is 2.08 bits per heavy atom. The quantitative estimate of drug-likeness (QED) is 0.252. The predicted molar refractivity (Wildman–Crippen MR) is 91.6 cm³/mol. The van der Waals surface area contributed by atoms with Crippen LogP contribution in [0.1, 0.15) is 16.3 Å². The zero-order valence-corrected chi connectivity index (χ0v) is 13.8. The number of aromatic nitrogens is 3. The Morgan fingerprint density at radius 1 is 1.35 bits per heavy atom. The molecule has 0 aliphatic rings. The third-order valence-electron chi connectivity index (χ3n) is 3.78. The first-order chi connectivity index (χ1) is 12.5. The van der Waals surface area contributed by atoms with E-state index in [9.17, 15) is 20.4 Å². The molecule has 0 radical (unpaired) electrons. The third-order valence-corrected chi connectivity index (χ3v) is 3.78. The molecule has 8 nitrogen and oxygen atoms in total. The summed E-state index contributed by atoms with van der Waals surface area (Å²) in [4.78, 5) is 16.3. The number of ether oxygens (including phenoxy) is 1. The molecule has 3 aromatic rings. The molecular weight excluding hydrogens is 336 g/mol. The van der Waals surface area contributed by atoms with Crippen LogP contribution in [0.25, 0.3) is 16.6 Å². The molecule has 1 N–H and O–H groups in total. The van der Waals surface area contributed by atoms with E-state index in [1.54, 1.807) is 17.7 Å². The number of fused-ring (bicyclic) bond motifs is 1. The fraction of sp³-hybridized carbons (Fsp3) is 0.111. The van der Waals surface area contributed by atoms with Crippen molar-refractivity contribution >= 4 is 22.6 Å². The molecule has 0 atom stereocenters. The van der Waals surface area contributed by atoms with Crippen molar-refractivity contribution in [2.45, 2.75) is 0 Å². The number of aliphatic hydroxyl groups is 1. The van der Waals surface area contributed by atoms with Gasteiger partial charge in [0.2, 0.25) is 0 Å². The lowest BCUT2D eigenvalue weighted by atomic mass is 10.2. The van der Waals surface area contributed by atoms with Crippen LogP contribution in [0.4, 0.5) is 0 Å². The van der Waals surface area contributed by atoms with Gasteiger partial charge in [-0.25, -0.2) is 9.78 Å². The summed E-state index contributed by atoms with van der Waals surface area (Å²) in [7, 11) is 1.71. The maximum Gasteiger partial charge on any atom is 0.405 e. The highest BCUT2D eigenvalue weighted by molar-refractivity contribution is 5.86. The van der Waals surface area contributed by atoms with Gasteiger partial charge in [0, 0.05) is 19.2 Å². The normalized spacial score (nSPS) is 11.7. The Balaban J connectivity index is 1.87. The highest BCUT2D eigenvalue weighted by Gasteiger charge is 2.20. The molecular formula is C18H14N4O4. The number of nitriles is 1. The lowest BCUT2D eigenvalue weighted by Crippen LogP contribution is -2.34. The SMILES string of the molecule is Cn1c(/C(C#N)=C(\O)COC(=O)c2cccc[n+]2[O-])nc2ccccc21. The number of allylic oxidation sites excluding steroid dienone is 1. The van der Waals surface area contributed by atoms with Gasteiger partial charge in [-0.05, 0) is 18.2 Å². The summed E-state index contributed by atoms with van der Waals surface area (Å²) in [6, 6.07) is 13.4. The fourth-order valence-corrected chi connectivity index (χ4v) is 2.48. The van der Waals surface area contributed by atoms with E-state index in [0.29, 0.717) is 10.2 Å². The molecule has 8 heteroatoms. The molecule has 0 saturated carbocycles. The second kappa shape index (κ2) is 6.94. The van der Waals surface area contributed by atoms with Crippen molar-refractivity contribution in [3.63, 3.8) is 0 Å². The van der Waals surface area contributed by atoms with Crippen molar-refractivity contribution < 1.29 is 19.4 Å². The summed E-state index contributed by atoms with van der Waals surface area (Å²) in [6.07, 6.45) is 1.16. The van der Waals surface area contributed by atoms with Crippen molar-refractivity contribution in [3.05, 3.63) is 71.1 Å². The van der Waals surface area contributed by atoms with E-state index in [1.165, 1.54) is 18.2 Å². The van der Waals surface area contributed by atoms with Gasteiger partial charge in [-0.15, -0.1) is 0 Å². The maximum absolute atomic E-state index is 11.9. The molecule has 2 heterocycles. The number of hydrogen-bond acceptors (Lipinski definition) is 6. The van der Waals surface area contributed by atoms with Gasteiger partial charge in [0.15, 0.2) is 24.4 Å². The van der Waals surface area contributed by atoms with Crippen LogP contribution in [0.2, 0.25) is 0 Å². The Hall–Kier alpha value is -3.86. The lowest BCUT2D eigenvalue weighted by Gasteiger charge is -2.07. The number of pyridine rings is 1. The van der Waals surface area contributed by atoms with Crippen LogP contribution in [-0.4, -0.2) is 27.2 Å².